The maximum atomic E-state index is 13.1. The summed E-state index contributed by atoms with van der Waals surface area (Å²) in [6.45, 7) is 1.45. The van der Waals surface area contributed by atoms with Gasteiger partial charge < -0.3 is 9.64 Å². The second-order valence-electron chi connectivity index (χ2n) is 5.88. The van der Waals surface area contributed by atoms with Crippen molar-refractivity contribution in [2.45, 2.75) is 32.6 Å². The zero-order valence-electron chi connectivity index (χ0n) is 13.5. The molecule has 1 amide bonds. The summed E-state index contributed by atoms with van der Waals surface area (Å²) >= 11 is 0. The van der Waals surface area contributed by atoms with Crippen LogP contribution in [-0.2, 0) is 20.7 Å². The number of halogens is 1. The number of rotatable bonds is 6. The Morgan fingerprint density at radius 3 is 2.83 bits per heavy atom. The molecule has 1 aliphatic rings. The minimum atomic E-state index is -0.448. The van der Waals surface area contributed by atoms with Gasteiger partial charge in [0.05, 0.1) is 5.92 Å². The molecular formula is C18H22FNO3. The van der Waals surface area contributed by atoms with Gasteiger partial charge in [0.1, 0.15) is 5.82 Å². The number of esters is 1. The van der Waals surface area contributed by atoms with Gasteiger partial charge in [-0.1, -0.05) is 25.1 Å². The molecule has 0 N–H and O–H groups in total. The number of hydrogen-bond acceptors (Lipinski definition) is 3. The van der Waals surface area contributed by atoms with Crippen molar-refractivity contribution in [3.8, 4) is 0 Å². The Kier molecular flexibility index (Phi) is 5.90. The van der Waals surface area contributed by atoms with Gasteiger partial charge in [0.25, 0.3) is 5.91 Å². The number of allylic oxidation sites excluding steroid dienone is 2. The molecule has 1 aromatic carbocycles. The summed E-state index contributed by atoms with van der Waals surface area (Å²) in [7, 11) is 1.70. The SMILES string of the molecule is CC(Cc1cccc(F)c1)C(=O)OCC(=O)N(C)C1=CCCC1. The van der Waals surface area contributed by atoms with Crippen LogP contribution in [0.1, 0.15) is 31.7 Å². The van der Waals surface area contributed by atoms with E-state index >= 15 is 0 Å². The molecule has 0 saturated heterocycles. The molecule has 0 fully saturated rings. The van der Waals surface area contributed by atoms with Crippen LogP contribution < -0.4 is 0 Å². The summed E-state index contributed by atoms with van der Waals surface area (Å²) in [6.07, 6.45) is 5.33. The lowest BCUT2D eigenvalue weighted by Crippen LogP contribution is -2.31. The molecule has 0 aromatic heterocycles. The van der Waals surface area contributed by atoms with Gasteiger partial charge in [-0.25, -0.2) is 4.39 Å². The van der Waals surface area contributed by atoms with Crippen LogP contribution in [0.2, 0.25) is 0 Å². The third-order valence-electron chi connectivity index (χ3n) is 3.99. The first-order chi connectivity index (χ1) is 11.0. The molecule has 4 nitrogen and oxygen atoms in total. The molecule has 0 saturated carbocycles. The van der Waals surface area contributed by atoms with Crippen LogP contribution in [0.15, 0.2) is 36.0 Å². The molecule has 1 atom stereocenters. The van der Waals surface area contributed by atoms with Crippen LogP contribution in [0, 0.1) is 11.7 Å². The van der Waals surface area contributed by atoms with E-state index in [4.69, 9.17) is 4.74 Å². The van der Waals surface area contributed by atoms with Crippen LogP contribution in [0.4, 0.5) is 4.39 Å². The van der Waals surface area contributed by atoms with E-state index in [1.165, 1.54) is 12.1 Å². The molecule has 0 bridgehead atoms. The van der Waals surface area contributed by atoms with E-state index in [2.05, 4.69) is 0 Å². The first-order valence-corrected chi connectivity index (χ1v) is 7.84. The average Bonchev–Trinajstić information content (AvgIpc) is 3.05. The van der Waals surface area contributed by atoms with E-state index in [1.54, 1.807) is 31.0 Å². The Morgan fingerprint density at radius 2 is 2.17 bits per heavy atom. The van der Waals surface area contributed by atoms with Crippen molar-refractivity contribution in [3.63, 3.8) is 0 Å². The summed E-state index contributed by atoms with van der Waals surface area (Å²) in [5, 5.41) is 0. The highest BCUT2D eigenvalue weighted by Gasteiger charge is 2.20. The van der Waals surface area contributed by atoms with Gasteiger partial charge in [-0.15, -0.1) is 0 Å². The number of carbonyl (C=O) groups excluding carboxylic acids is 2. The van der Waals surface area contributed by atoms with E-state index in [1.807, 2.05) is 6.08 Å². The molecule has 1 aromatic rings. The second kappa shape index (κ2) is 7.90. The average molecular weight is 319 g/mol. The number of nitrogens with zero attached hydrogens (tertiary/aromatic N) is 1. The summed E-state index contributed by atoms with van der Waals surface area (Å²) in [4.78, 5) is 25.6. The van der Waals surface area contributed by atoms with E-state index in [9.17, 15) is 14.0 Å². The minimum absolute atomic E-state index is 0.232. The van der Waals surface area contributed by atoms with Gasteiger partial charge in [0.2, 0.25) is 0 Å². The topological polar surface area (TPSA) is 46.6 Å². The number of carbonyl (C=O) groups is 2. The van der Waals surface area contributed by atoms with Crippen molar-refractivity contribution >= 4 is 11.9 Å². The lowest BCUT2D eigenvalue weighted by atomic mass is 10.0. The molecule has 0 spiro atoms. The van der Waals surface area contributed by atoms with Crippen LogP contribution in [0.25, 0.3) is 0 Å². The fraction of sp³-hybridized carbons (Fsp3) is 0.444. The zero-order chi connectivity index (χ0) is 16.8. The van der Waals surface area contributed by atoms with Gasteiger partial charge in [0, 0.05) is 12.7 Å². The van der Waals surface area contributed by atoms with Gasteiger partial charge in [-0.3, -0.25) is 9.59 Å². The Labute approximate surface area is 135 Å². The number of amides is 1. The van der Waals surface area contributed by atoms with Crippen molar-refractivity contribution < 1.29 is 18.7 Å². The molecule has 1 aliphatic carbocycles. The number of likely N-dealkylation sites (N-methyl/N-ethyl adjacent to an activating group) is 1. The lowest BCUT2D eigenvalue weighted by Gasteiger charge is -2.19. The normalized spacial score (nSPS) is 15.0. The highest BCUT2D eigenvalue weighted by Crippen LogP contribution is 2.20. The van der Waals surface area contributed by atoms with Gasteiger partial charge in [0.15, 0.2) is 6.61 Å². The predicted octanol–water partition coefficient (Wildman–Crippen LogP) is 3.07. The van der Waals surface area contributed by atoms with Gasteiger partial charge >= 0.3 is 5.97 Å². The number of ether oxygens (including phenoxy) is 1. The fourth-order valence-corrected chi connectivity index (χ4v) is 2.59. The first-order valence-electron chi connectivity index (χ1n) is 7.84. The molecule has 0 radical (unpaired) electrons. The summed E-state index contributed by atoms with van der Waals surface area (Å²) in [5.41, 5.74) is 1.72. The monoisotopic (exact) mass is 319 g/mol. The summed E-state index contributed by atoms with van der Waals surface area (Å²) in [6, 6.07) is 6.13. The van der Waals surface area contributed by atoms with Gasteiger partial charge in [-0.2, -0.15) is 0 Å². The zero-order valence-corrected chi connectivity index (χ0v) is 13.5. The van der Waals surface area contributed by atoms with Crippen molar-refractivity contribution in [2.75, 3.05) is 13.7 Å². The number of benzene rings is 1. The van der Waals surface area contributed by atoms with E-state index in [-0.39, 0.29) is 18.3 Å². The number of hydrogen-bond donors (Lipinski definition) is 0. The largest absolute Gasteiger partial charge is 0.455 e. The highest BCUT2D eigenvalue weighted by molar-refractivity contribution is 5.82. The van der Waals surface area contributed by atoms with Crippen LogP contribution in [-0.4, -0.2) is 30.4 Å². The third kappa shape index (κ3) is 4.91. The Balaban J connectivity index is 1.80. The van der Waals surface area contributed by atoms with Crippen LogP contribution >= 0.6 is 0 Å². The molecular weight excluding hydrogens is 297 g/mol. The molecule has 5 heteroatoms. The Hall–Kier alpha value is -2.17. The smallest absolute Gasteiger partial charge is 0.309 e. The first kappa shape index (κ1) is 17.2. The molecule has 1 unspecified atom stereocenters. The molecule has 124 valence electrons. The van der Waals surface area contributed by atoms with Crippen molar-refractivity contribution in [1.82, 2.24) is 4.90 Å². The van der Waals surface area contributed by atoms with Crippen LogP contribution in [0.5, 0.6) is 0 Å². The lowest BCUT2D eigenvalue weighted by molar-refractivity contribution is -0.154. The van der Waals surface area contributed by atoms with E-state index in [0.717, 1.165) is 30.5 Å². The van der Waals surface area contributed by atoms with Crippen LogP contribution in [0.3, 0.4) is 0 Å². The summed E-state index contributed by atoms with van der Waals surface area (Å²) < 4.78 is 18.2. The second-order valence-corrected chi connectivity index (χ2v) is 5.88. The van der Waals surface area contributed by atoms with Crippen molar-refractivity contribution in [1.29, 1.82) is 0 Å². The van der Waals surface area contributed by atoms with E-state index < -0.39 is 11.9 Å². The summed E-state index contributed by atoms with van der Waals surface area (Å²) in [5.74, 6) is -1.44. The Morgan fingerprint density at radius 1 is 1.39 bits per heavy atom. The van der Waals surface area contributed by atoms with Crippen molar-refractivity contribution in [2.24, 2.45) is 5.92 Å². The minimum Gasteiger partial charge on any atom is -0.455 e. The fourth-order valence-electron chi connectivity index (χ4n) is 2.59. The standard InChI is InChI=1S/C18H22FNO3/c1-13(10-14-6-5-7-15(19)11-14)18(22)23-12-17(21)20(2)16-8-3-4-9-16/h5-8,11,13H,3-4,9-10,12H2,1-2H3. The molecule has 2 rings (SSSR count). The van der Waals surface area contributed by atoms with Crippen molar-refractivity contribution in [3.05, 3.63) is 47.4 Å². The molecule has 0 heterocycles. The molecule has 23 heavy (non-hydrogen) atoms. The predicted molar refractivity (Wildman–Crippen MR) is 84.9 cm³/mol. The highest BCUT2D eigenvalue weighted by atomic mass is 19.1. The van der Waals surface area contributed by atoms with E-state index in [0.29, 0.717) is 6.42 Å². The maximum absolute atomic E-state index is 13.1. The quantitative estimate of drug-likeness (QED) is 0.757. The Bertz CT molecular complexity index is 612. The maximum Gasteiger partial charge on any atom is 0.309 e. The molecule has 0 aliphatic heterocycles. The van der Waals surface area contributed by atoms with Gasteiger partial charge in [-0.05, 0) is 43.4 Å². The third-order valence-corrected chi connectivity index (χ3v) is 3.99.